The lowest BCUT2D eigenvalue weighted by atomic mass is 9.88. The number of rotatable bonds is 1. The van der Waals surface area contributed by atoms with E-state index < -0.39 is 0 Å². The molecule has 1 unspecified atom stereocenters. The zero-order valence-corrected chi connectivity index (χ0v) is 11.4. The quantitative estimate of drug-likeness (QED) is 0.759. The third-order valence-electron chi connectivity index (χ3n) is 4.05. The van der Waals surface area contributed by atoms with Crippen LogP contribution in [0.4, 0.5) is 0 Å². The van der Waals surface area contributed by atoms with Crippen molar-refractivity contribution < 1.29 is 4.42 Å². The molecule has 0 N–H and O–H groups in total. The lowest BCUT2D eigenvalue weighted by molar-refractivity contribution is 0.418. The van der Waals surface area contributed by atoms with Gasteiger partial charge in [-0.25, -0.2) is 0 Å². The van der Waals surface area contributed by atoms with E-state index in [2.05, 4.69) is 19.9 Å². The molecule has 0 saturated heterocycles. The fourth-order valence-electron chi connectivity index (χ4n) is 2.88. The molecule has 1 aliphatic rings. The second-order valence-corrected chi connectivity index (χ2v) is 5.50. The van der Waals surface area contributed by atoms with Gasteiger partial charge in [-0.15, -0.1) is 0 Å². The van der Waals surface area contributed by atoms with Gasteiger partial charge in [0, 0.05) is 12.0 Å². The molecular weight excluding hydrogens is 234 g/mol. The van der Waals surface area contributed by atoms with Crippen molar-refractivity contribution >= 4 is 0 Å². The van der Waals surface area contributed by atoms with Crippen LogP contribution in [0.1, 0.15) is 35.8 Å². The molecule has 19 heavy (non-hydrogen) atoms. The summed E-state index contributed by atoms with van der Waals surface area (Å²) in [7, 11) is 0. The number of furan rings is 1. The summed E-state index contributed by atoms with van der Waals surface area (Å²) in [6, 6.07) is 9.78. The predicted molar refractivity (Wildman–Crippen MR) is 74.8 cm³/mol. The Morgan fingerprint density at radius 3 is 2.68 bits per heavy atom. The van der Waals surface area contributed by atoms with Gasteiger partial charge in [-0.05, 0) is 61.1 Å². The smallest absolute Gasteiger partial charge is 0.137 e. The number of nitrogens with zero attached hydrogens (tertiary/aromatic N) is 1. The van der Waals surface area contributed by atoms with Crippen molar-refractivity contribution in [3.05, 3.63) is 46.7 Å². The lowest BCUT2D eigenvalue weighted by Crippen LogP contribution is -2.09. The molecule has 0 radical (unpaired) electrons. The van der Waals surface area contributed by atoms with Gasteiger partial charge < -0.3 is 4.42 Å². The molecular formula is C17H17NO. The minimum absolute atomic E-state index is 0.686. The van der Waals surface area contributed by atoms with Gasteiger partial charge in [0.2, 0.25) is 0 Å². The van der Waals surface area contributed by atoms with E-state index in [1.807, 2.05) is 24.3 Å². The number of hydrogen-bond donors (Lipinski definition) is 0. The minimum Gasteiger partial charge on any atom is -0.461 e. The summed E-state index contributed by atoms with van der Waals surface area (Å²) >= 11 is 0. The van der Waals surface area contributed by atoms with Crippen molar-refractivity contribution in [2.75, 3.05) is 0 Å². The summed E-state index contributed by atoms with van der Waals surface area (Å²) in [5.74, 6) is 2.85. The average molecular weight is 251 g/mol. The Hall–Kier alpha value is -2.01. The SMILES string of the molecule is Cc1c(-c2ccc(C#N)cc2)oc2c1CCC(C)C2. The maximum Gasteiger partial charge on any atom is 0.137 e. The largest absolute Gasteiger partial charge is 0.461 e. The van der Waals surface area contributed by atoms with Crippen molar-refractivity contribution in [1.29, 1.82) is 5.26 Å². The number of nitriles is 1. The second-order valence-electron chi connectivity index (χ2n) is 5.50. The van der Waals surface area contributed by atoms with Gasteiger partial charge in [-0.3, -0.25) is 0 Å². The highest BCUT2D eigenvalue weighted by Gasteiger charge is 2.23. The fourth-order valence-corrected chi connectivity index (χ4v) is 2.88. The first-order chi connectivity index (χ1) is 9.19. The Kier molecular flexibility index (Phi) is 2.91. The molecule has 1 atom stereocenters. The highest BCUT2D eigenvalue weighted by atomic mass is 16.3. The van der Waals surface area contributed by atoms with Crippen LogP contribution in [0, 0.1) is 24.2 Å². The van der Waals surface area contributed by atoms with Crippen LogP contribution in [0.2, 0.25) is 0 Å². The standard InChI is InChI=1S/C17H17NO/c1-11-3-8-15-12(2)17(19-16(15)9-11)14-6-4-13(10-18)5-7-14/h4-7,11H,3,8-9H2,1-2H3. The molecule has 0 saturated carbocycles. The summed E-state index contributed by atoms with van der Waals surface area (Å²) < 4.78 is 6.08. The van der Waals surface area contributed by atoms with Crippen LogP contribution < -0.4 is 0 Å². The van der Waals surface area contributed by atoms with Gasteiger partial charge in [0.05, 0.1) is 11.6 Å². The number of hydrogen-bond acceptors (Lipinski definition) is 2. The van der Waals surface area contributed by atoms with Crippen molar-refractivity contribution in [2.45, 2.75) is 33.1 Å². The van der Waals surface area contributed by atoms with E-state index in [1.165, 1.54) is 17.5 Å². The molecule has 1 aliphatic carbocycles. The van der Waals surface area contributed by atoms with E-state index in [-0.39, 0.29) is 0 Å². The third-order valence-corrected chi connectivity index (χ3v) is 4.05. The summed E-state index contributed by atoms with van der Waals surface area (Å²) in [5, 5.41) is 8.84. The molecule has 1 aromatic carbocycles. The van der Waals surface area contributed by atoms with Crippen molar-refractivity contribution in [3.8, 4) is 17.4 Å². The summed E-state index contributed by atoms with van der Waals surface area (Å²) in [6.07, 6.45) is 3.43. The molecule has 3 rings (SSSR count). The monoisotopic (exact) mass is 251 g/mol. The van der Waals surface area contributed by atoms with E-state index >= 15 is 0 Å². The van der Waals surface area contributed by atoms with Crippen LogP contribution in [-0.2, 0) is 12.8 Å². The van der Waals surface area contributed by atoms with Crippen LogP contribution in [0.3, 0.4) is 0 Å². The lowest BCUT2D eigenvalue weighted by Gasteiger charge is -2.16. The summed E-state index contributed by atoms with van der Waals surface area (Å²) in [5.41, 5.74) is 4.42. The Morgan fingerprint density at radius 2 is 2.00 bits per heavy atom. The first-order valence-corrected chi connectivity index (χ1v) is 6.80. The number of benzene rings is 1. The molecule has 0 bridgehead atoms. The molecule has 0 amide bonds. The first-order valence-electron chi connectivity index (χ1n) is 6.80. The first kappa shape index (κ1) is 12.0. The van der Waals surface area contributed by atoms with Gasteiger partial charge in [0.15, 0.2) is 0 Å². The zero-order chi connectivity index (χ0) is 13.4. The topological polar surface area (TPSA) is 36.9 Å². The average Bonchev–Trinajstić information content (AvgIpc) is 2.75. The van der Waals surface area contributed by atoms with Crippen LogP contribution in [0.15, 0.2) is 28.7 Å². The third kappa shape index (κ3) is 2.06. The van der Waals surface area contributed by atoms with Gasteiger partial charge in [-0.2, -0.15) is 5.26 Å². The number of fused-ring (bicyclic) bond motifs is 1. The minimum atomic E-state index is 0.686. The van der Waals surface area contributed by atoms with E-state index in [0.29, 0.717) is 11.5 Å². The molecule has 96 valence electrons. The van der Waals surface area contributed by atoms with Gasteiger partial charge in [0.25, 0.3) is 0 Å². The molecule has 1 aromatic heterocycles. The molecule has 0 fully saturated rings. The van der Waals surface area contributed by atoms with E-state index in [1.54, 1.807) is 0 Å². The fraction of sp³-hybridized carbons (Fsp3) is 0.353. The van der Waals surface area contributed by atoms with E-state index in [4.69, 9.17) is 9.68 Å². The highest BCUT2D eigenvalue weighted by molar-refractivity contribution is 5.64. The zero-order valence-electron chi connectivity index (χ0n) is 11.4. The van der Waals surface area contributed by atoms with E-state index in [9.17, 15) is 0 Å². The summed E-state index contributed by atoms with van der Waals surface area (Å²) in [4.78, 5) is 0. The predicted octanol–water partition coefficient (Wildman–Crippen LogP) is 4.25. The van der Waals surface area contributed by atoms with E-state index in [0.717, 1.165) is 29.9 Å². The maximum atomic E-state index is 8.84. The van der Waals surface area contributed by atoms with Crippen molar-refractivity contribution in [1.82, 2.24) is 0 Å². The Labute approximate surface area is 113 Å². The second kappa shape index (κ2) is 4.59. The Bertz CT molecular complexity index is 643. The molecule has 2 nitrogen and oxygen atoms in total. The summed E-state index contributed by atoms with van der Waals surface area (Å²) in [6.45, 7) is 4.42. The van der Waals surface area contributed by atoms with Crippen molar-refractivity contribution in [2.24, 2.45) is 5.92 Å². The van der Waals surface area contributed by atoms with Crippen molar-refractivity contribution in [3.63, 3.8) is 0 Å². The molecule has 1 heterocycles. The van der Waals surface area contributed by atoms with Crippen LogP contribution in [0.25, 0.3) is 11.3 Å². The van der Waals surface area contributed by atoms with Gasteiger partial charge >= 0.3 is 0 Å². The van der Waals surface area contributed by atoms with Crippen LogP contribution in [0.5, 0.6) is 0 Å². The molecule has 0 spiro atoms. The van der Waals surface area contributed by atoms with Crippen LogP contribution >= 0.6 is 0 Å². The molecule has 2 aromatic rings. The highest BCUT2D eigenvalue weighted by Crippen LogP contribution is 2.36. The van der Waals surface area contributed by atoms with Gasteiger partial charge in [0.1, 0.15) is 11.5 Å². The Morgan fingerprint density at radius 1 is 1.26 bits per heavy atom. The van der Waals surface area contributed by atoms with Gasteiger partial charge in [-0.1, -0.05) is 6.92 Å². The molecule has 0 aliphatic heterocycles. The van der Waals surface area contributed by atoms with Crippen LogP contribution in [-0.4, -0.2) is 0 Å². The molecule has 2 heteroatoms. The normalized spacial score (nSPS) is 17.8. The maximum absolute atomic E-state index is 8.84. The Balaban J connectivity index is 2.03.